The normalized spacial score (nSPS) is 12.4. The minimum absolute atomic E-state index is 0.00133. The molecule has 0 bridgehead atoms. The van der Waals surface area contributed by atoms with Crippen molar-refractivity contribution in [3.05, 3.63) is 52.0 Å². The number of carbonyl (C=O) groups is 1. The number of nitrogens with one attached hydrogen (secondary N) is 1. The van der Waals surface area contributed by atoms with E-state index in [0.29, 0.717) is 5.69 Å². The van der Waals surface area contributed by atoms with Crippen LogP contribution in [0.3, 0.4) is 0 Å². The second kappa shape index (κ2) is 6.05. The van der Waals surface area contributed by atoms with Crippen molar-refractivity contribution in [1.82, 2.24) is 0 Å². The molecule has 1 unspecified atom stereocenters. The van der Waals surface area contributed by atoms with Gasteiger partial charge >= 0.3 is 5.97 Å². The van der Waals surface area contributed by atoms with Crippen molar-refractivity contribution in [2.24, 2.45) is 5.92 Å². The highest BCUT2D eigenvalue weighted by atomic mass is 32.1. The molecule has 1 aromatic heterocycles. The van der Waals surface area contributed by atoms with Gasteiger partial charge in [-0.2, -0.15) is 0 Å². The third kappa shape index (κ3) is 3.17. The zero-order valence-corrected chi connectivity index (χ0v) is 12.1. The number of aromatic carboxylic acids is 1. The van der Waals surface area contributed by atoms with E-state index in [1.54, 1.807) is 11.3 Å². The van der Waals surface area contributed by atoms with E-state index in [1.807, 2.05) is 17.5 Å². The van der Waals surface area contributed by atoms with Crippen LogP contribution in [0.25, 0.3) is 0 Å². The number of halogens is 1. The molecule has 106 valence electrons. The van der Waals surface area contributed by atoms with Crippen molar-refractivity contribution >= 4 is 23.0 Å². The number of carboxylic acid groups (broad SMARTS) is 1. The molecule has 0 radical (unpaired) electrons. The minimum atomic E-state index is -1.14. The summed E-state index contributed by atoms with van der Waals surface area (Å²) in [4.78, 5) is 12.3. The Labute approximate surface area is 121 Å². The van der Waals surface area contributed by atoms with Gasteiger partial charge in [0.05, 0.1) is 11.6 Å². The van der Waals surface area contributed by atoms with Crippen molar-refractivity contribution in [2.45, 2.75) is 19.9 Å². The summed E-state index contributed by atoms with van der Waals surface area (Å²) in [6.07, 6.45) is 0. The maximum atomic E-state index is 13.2. The number of anilines is 1. The third-order valence-electron chi connectivity index (χ3n) is 3.04. The lowest BCUT2D eigenvalue weighted by Gasteiger charge is -2.23. The lowest BCUT2D eigenvalue weighted by molar-refractivity contribution is 0.0697. The Morgan fingerprint density at radius 2 is 2.10 bits per heavy atom. The first-order valence-corrected chi connectivity index (χ1v) is 7.19. The number of benzene rings is 1. The summed E-state index contributed by atoms with van der Waals surface area (Å²) in [6.45, 7) is 4.11. The Balaban J connectivity index is 2.34. The predicted octanol–water partition coefficient (Wildman–Crippen LogP) is 4.39. The SMILES string of the molecule is CC(C)C(Nc1ccc(F)cc1C(=O)O)c1cccs1. The summed E-state index contributed by atoms with van der Waals surface area (Å²) in [5.41, 5.74) is 0.387. The summed E-state index contributed by atoms with van der Waals surface area (Å²) >= 11 is 1.61. The summed E-state index contributed by atoms with van der Waals surface area (Å²) in [7, 11) is 0. The molecule has 5 heteroatoms. The number of thiophene rings is 1. The van der Waals surface area contributed by atoms with Crippen LogP contribution in [0, 0.1) is 11.7 Å². The largest absolute Gasteiger partial charge is 0.478 e. The van der Waals surface area contributed by atoms with Crippen LogP contribution in [0.15, 0.2) is 35.7 Å². The van der Waals surface area contributed by atoms with E-state index in [9.17, 15) is 9.18 Å². The molecule has 20 heavy (non-hydrogen) atoms. The molecule has 3 nitrogen and oxygen atoms in total. The summed E-state index contributed by atoms with van der Waals surface area (Å²) in [5, 5.41) is 14.4. The molecule has 0 fully saturated rings. The Kier molecular flexibility index (Phi) is 4.39. The molecule has 2 N–H and O–H groups in total. The first-order chi connectivity index (χ1) is 9.49. The zero-order valence-electron chi connectivity index (χ0n) is 11.3. The Morgan fingerprint density at radius 1 is 1.35 bits per heavy atom. The molecular weight excluding hydrogens is 277 g/mol. The van der Waals surface area contributed by atoms with Crippen molar-refractivity contribution in [1.29, 1.82) is 0 Å². The second-order valence-electron chi connectivity index (χ2n) is 4.88. The molecule has 0 aliphatic carbocycles. The second-order valence-corrected chi connectivity index (χ2v) is 5.86. The van der Waals surface area contributed by atoms with Gasteiger partial charge in [-0.1, -0.05) is 19.9 Å². The van der Waals surface area contributed by atoms with Gasteiger partial charge in [0, 0.05) is 10.6 Å². The van der Waals surface area contributed by atoms with E-state index in [4.69, 9.17) is 5.11 Å². The maximum Gasteiger partial charge on any atom is 0.337 e. The zero-order chi connectivity index (χ0) is 14.7. The van der Waals surface area contributed by atoms with Crippen molar-refractivity contribution < 1.29 is 14.3 Å². The highest BCUT2D eigenvalue weighted by molar-refractivity contribution is 7.10. The number of hydrogen-bond donors (Lipinski definition) is 2. The Morgan fingerprint density at radius 3 is 2.65 bits per heavy atom. The quantitative estimate of drug-likeness (QED) is 0.859. The fourth-order valence-electron chi connectivity index (χ4n) is 2.02. The molecule has 0 aliphatic rings. The highest BCUT2D eigenvalue weighted by Gasteiger charge is 2.20. The van der Waals surface area contributed by atoms with Gasteiger partial charge in [0.15, 0.2) is 0 Å². The average molecular weight is 293 g/mol. The minimum Gasteiger partial charge on any atom is -0.478 e. The topological polar surface area (TPSA) is 49.3 Å². The molecular formula is C15H16FNO2S. The highest BCUT2D eigenvalue weighted by Crippen LogP contribution is 2.31. The summed E-state index contributed by atoms with van der Waals surface area (Å²) < 4.78 is 13.2. The van der Waals surface area contributed by atoms with Crippen LogP contribution in [-0.4, -0.2) is 11.1 Å². The van der Waals surface area contributed by atoms with Crippen molar-refractivity contribution in [3.8, 4) is 0 Å². The number of carboxylic acids is 1. The smallest absolute Gasteiger partial charge is 0.337 e. The molecule has 1 aromatic carbocycles. The van der Waals surface area contributed by atoms with Gasteiger partial charge in [-0.25, -0.2) is 9.18 Å². The van der Waals surface area contributed by atoms with Crippen molar-refractivity contribution in [3.63, 3.8) is 0 Å². The van der Waals surface area contributed by atoms with Gasteiger partial charge in [0.2, 0.25) is 0 Å². The fourth-order valence-corrected chi connectivity index (χ4v) is 2.97. The fraction of sp³-hybridized carbons (Fsp3) is 0.267. The maximum absolute atomic E-state index is 13.2. The summed E-state index contributed by atoms with van der Waals surface area (Å²) in [6, 6.07) is 7.74. The lowest BCUT2D eigenvalue weighted by Crippen LogP contribution is -2.17. The van der Waals surface area contributed by atoms with Gasteiger partial charge in [-0.05, 0) is 35.6 Å². The van der Waals surface area contributed by atoms with Crippen LogP contribution >= 0.6 is 11.3 Å². The van der Waals surface area contributed by atoms with Gasteiger partial charge in [0.25, 0.3) is 0 Å². The van der Waals surface area contributed by atoms with Crippen molar-refractivity contribution in [2.75, 3.05) is 5.32 Å². The molecule has 1 heterocycles. The third-order valence-corrected chi connectivity index (χ3v) is 3.99. The first-order valence-electron chi connectivity index (χ1n) is 6.32. The summed E-state index contributed by atoms with van der Waals surface area (Å²) in [5.74, 6) is -1.41. The van der Waals surface area contributed by atoms with Gasteiger partial charge in [0.1, 0.15) is 5.82 Å². The Hall–Kier alpha value is -1.88. The molecule has 2 rings (SSSR count). The molecule has 2 aromatic rings. The number of rotatable bonds is 5. The van der Waals surface area contributed by atoms with Crippen LogP contribution in [0.1, 0.15) is 35.1 Å². The Bertz CT molecular complexity index is 596. The van der Waals surface area contributed by atoms with E-state index in [1.165, 1.54) is 12.1 Å². The molecule has 0 saturated heterocycles. The van der Waals surface area contributed by atoms with E-state index >= 15 is 0 Å². The van der Waals surface area contributed by atoms with Crippen LogP contribution in [0.5, 0.6) is 0 Å². The van der Waals surface area contributed by atoms with Gasteiger partial charge in [-0.15, -0.1) is 11.3 Å². The predicted molar refractivity (Wildman–Crippen MR) is 78.9 cm³/mol. The van der Waals surface area contributed by atoms with E-state index in [0.717, 1.165) is 10.9 Å². The molecule has 0 amide bonds. The first kappa shape index (κ1) is 14.5. The molecule has 1 atom stereocenters. The monoisotopic (exact) mass is 293 g/mol. The molecule has 0 saturated carbocycles. The molecule has 0 spiro atoms. The van der Waals surface area contributed by atoms with E-state index < -0.39 is 11.8 Å². The number of hydrogen-bond acceptors (Lipinski definition) is 3. The lowest BCUT2D eigenvalue weighted by atomic mass is 10.0. The van der Waals surface area contributed by atoms with Gasteiger partial charge in [-0.3, -0.25) is 0 Å². The molecule has 0 aliphatic heterocycles. The van der Waals surface area contributed by atoms with Crippen LogP contribution in [-0.2, 0) is 0 Å². The van der Waals surface area contributed by atoms with E-state index in [2.05, 4.69) is 19.2 Å². The van der Waals surface area contributed by atoms with Crippen LogP contribution < -0.4 is 5.32 Å². The standard InChI is InChI=1S/C15H16FNO2S/c1-9(2)14(13-4-3-7-20-13)17-12-6-5-10(16)8-11(12)15(18)19/h3-9,14,17H,1-2H3,(H,18,19). The average Bonchev–Trinajstić information content (AvgIpc) is 2.90. The van der Waals surface area contributed by atoms with Gasteiger partial charge < -0.3 is 10.4 Å². The van der Waals surface area contributed by atoms with Crippen LogP contribution in [0.2, 0.25) is 0 Å². The van der Waals surface area contributed by atoms with E-state index in [-0.39, 0.29) is 17.5 Å². The van der Waals surface area contributed by atoms with Crippen LogP contribution in [0.4, 0.5) is 10.1 Å².